The van der Waals surface area contributed by atoms with Gasteiger partial charge in [-0.05, 0) is 24.3 Å². The van der Waals surface area contributed by atoms with Gasteiger partial charge in [0.2, 0.25) is 0 Å². The normalized spacial score (nSPS) is 10.7. The molecule has 116 valence electrons. The molecular weight excluding hydrogens is 304 g/mol. The number of rotatable bonds is 3. The number of aromatic carboxylic acids is 1. The number of methoxy groups -OCH3 is 1. The van der Waals surface area contributed by atoms with E-state index < -0.39 is 17.6 Å². The van der Waals surface area contributed by atoms with Crippen LogP contribution in [0.1, 0.15) is 10.4 Å². The molecule has 1 N–H and O–H groups in total. The van der Waals surface area contributed by atoms with E-state index >= 15 is 0 Å². The Labute approximate surface area is 130 Å². The van der Waals surface area contributed by atoms with Crippen molar-refractivity contribution >= 4 is 16.7 Å². The van der Waals surface area contributed by atoms with Crippen molar-refractivity contribution in [3.63, 3.8) is 0 Å². The molecule has 0 radical (unpaired) electrons. The summed E-state index contributed by atoms with van der Waals surface area (Å²) in [4.78, 5) is 15.1. The molecule has 0 unspecified atom stereocenters. The number of benzene rings is 2. The lowest BCUT2D eigenvalue weighted by Crippen LogP contribution is -1.98. The van der Waals surface area contributed by atoms with Crippen molar-refractivity contribution < 1.29 is 23.4 Å². The molecule has 0 aliphatic heterocycles. The van der Waals surface area contributed by atoms with E-state index in [2.05, 4.69) is 4.98 Å². The summed E-state index contributed by atoms with van der Waals surface area (Å²) < 4.78 is 33.1. The molecule has 4 nitrogen and oxygen atoms in total. The molecule has 0 aliphatic carbocycles. The van der Waals surface area contributed by atoms with Crippen molar-refractivity contribution in [2.24, 2.45) is 0 Å². The zero-order chi connectivity index (χ0) is 16.6. The maximum absolute atomic E-state index is 14.3. The van der Waals surface area contributed by atoms with Gasteiger partial charge < -0.3 is 9.84 Å². The number of pyridine rings is 1. The van der Waals surface area contributed by atoms with Crippen LogP contribution in [-0.4, -0.2) is 23.2 Å². The summed E-state index contributed by atoms with van der Waals surface area (Å²) in [6, 6.07) is 8.13. The van der Waals surface area contributed by atoms with Crippen molar-refractivity contribution in [2.75, 3.05) is 7.11 Å². The number of fused-ring (bicyclic) bond motifs is 1. The van der Waals surface area contributed by atoms with Gasteiger partial charge in [0, 0.05) is 22.4 Å². The van der Waals surface area contributed by atoms with Crippen LogP contribution >= 0.6 is 0 Å². The maximum atomic E-state index is 14.3. The number of hydrogen-bond donors (Lipinski definition) is 1. The third kappa shape index (κ3) is 2.59. The van der Waals surface area contributed by atoms with Crippen molar-refractivity contribution in [1.29, 1.82) is 0 Å². The highest BCUT2D eigenvalue weighted by Crippen LogP contribution is 2.32. The number of carboxylic acid groups (broad SMARTS) is 1. The summed E-state index contributed by atoms with van der Waals surface area (Å²) in [6.45, 7) is 0. The van der Waals surface area contributed by atoms with Crippen LogP contribution in [0.5, 0.6) is 5.75 Å². The highest BCUT2D eigenvalue weighted by atomic mass is 19.1. The molecule has 0 spiro atoms. The van der Waals surface area contributed by atoms with E-state index in [1.807, 2.05) is 0 Å². The van der Waals surface area contributed by atoms with E-state index in [0.29, 0.717) is 5.75 Å². The SMILES string of the molecule is COc1ccc(-c2ncc(F)c3ccc(C(=O)O)cc23)c(F)c1. The zero-order valence-electron chi connectivity index (χ0n) is 12.0. The highest BCUT2D eigenvalue weighted by Gasteiger charge is 2.15. The molecule has 1 heterocycles. The van der Waals surface area contributed by atoms with Crippen molar-refractivity contribution in [3.8, 4) is 17.0 Å². The molecule has 3 aromatic rings. The minimum absolute atomic E-state index is 0.0277. The van der Waals surface area contributed by atoms with Gasteiger partial charge in [0.25, 0.3) is 0 Å². The zero-order valence-corrected chi connectivity index (χ0v) is 12.0. The minimum atomic E-state index is -1.16. The van der Waals surface area contributed by atoms with Gasteiger partial charge >= 0.3 is 5.97 Å². The van der Waals surface area contributed by atoms with Gasteiger partial charge in [-0.1, -0.05) is 6.07 Å². The monoisotopic (exact) mass is 315 g/mol. The summed E-state index contributed by atoms with van der Waals surface area (Å²) in [7, 11) is 1.42. The van der Waals surface area contributed by atoms with Crippen LogP contribution < -0.4 is 4.74 Å². The molecule has 1 aromatic heterocycles. The maximum Gasteiger partial charge on any atom is 0.335 e. The van der Waals surface area contributed by atoms with Crippen molar-refractivity contribution in [2.45, 2.75) is 0 Å². The molecule has 2 aromatic carbocycles. The third-order valence-corrected chi connectivity index (χ3v) is 3.52. The Bertz CT molecular complexity index is 925. The van der Waals surface area contributed by atoms with Gasteiger partial charge in [-0.25, -0.2) is 13.6 Å². The van der Waals surface area contributed by atoms with E-state index in [4.69, 9.17) is 9.84 Å². The fourth-order valence-electron chi connectivity index (χ4n) is 2.37. The lowest BCUT2D eigenvalue weighted by molar-refractivity contribution is 0.0697. The average Bonchev–Trinajstić information content (AvgIpc) is 2.55. The van der Waals surface area contributed by atoms with Crippen LogP contribution in [0.15, 0.2) is 42.6 Å². The Hall–Kier alpha value is -3.02. The number of carbonyl (C=O) groups is 1. The number of carboxylic acids is 1. The van der Waals surface area contributed by atoms with Gasteiger partial charge in [0.05, 0.1) is 24.6 Å². The Balaban J connectivity index is 2.30. The molecular formula is C17H11F2NO3. The van der Waals surface area contributed by atoms with E-state index in [1.54, 1.807) is 6.07 Å². The van der Waals surface area contributed by atoms with Gasteiger partial charge in [0.1, 0.15) is 17.4 Å². The Morgan fingerprint density at radius 2 is 1.87 bits per heavy atom. The number of halogens is 2. The van der Waals surface area contributed by atoms with E-state index in [1.165, 1.54) is 37.4 Å². The largest absolute Gasteiger partial charge is 0.497 e. The lowest BCUT2D eigenvalue weighted by Gasteiger charge is -2.10. The van der Waals surface area contributed by atoms with E-state index in [9.17, 15) is 13.6 Å². The van der Waals surface area contributed by atoms with Crippen molar-refractivity contribution in [3.05, 3.63) is 59.8 Å². The molecule has 0 saturated heterocycles. The van der Waals surface area contributed by atoms with E-state index in [-0.39, 0.29) is 27.6 Å². The number of ether oxygens (including phenoxy) is 1. The van der Waals surface area contributed by atoms with Gasteiger partial charge in [-0.3, -0.25) is 4.98 Å². The number of hydrogen-bond acceptors (Lipinski definition) is 3. The summed E-state index contributed by atoms with van der Waals surface area (Å²) in [6.07, 6.45) is 0.988. The first-order chi connectivity index (χ1) is 11.0. The van der Waals surface area contributed by atoms with Crippen LogP contribution in [0.4, 0.5) is 8.78 Å². The summed E-state index contributed by atoms with van der Waals surface area (Å²) in [5.74, 6) is -2.01. The van der Waals surface area contributed by atoms with Gasteiger partial charge in [-0.2, -0.15) is 0 Å². The first-order valence-corrected chi connectivity index (χ1v) is 6.66. The third-order valence-electron chi connectivity index (χ3n) is 3.52. The van der Waals surface area contributed by atoms with Crippen molar-refractivity contribution in [1.82, 2.24) is 4.98 Å². The van der Waals surface area contributed by atoms with Gasteiger partial charge in [0.15, 0.2) is 0 Å². The standard InChI is InChI=1S/C17H11F2NO3/c1-23-10-3-5-12(14(18)7-10)16-13-6-9(17(21)22)2-4-11(13)15(19)8-20-16/h2-8H,1H3,(H,21,22). The van der Waals surface area contributed by atoms with Crippen LogP contribution in [0.2, 0.25) is 0 Å². The quantitative estimate of drug-likeness (QED) is 0.796. The molecule has 0 fully saturated rings. The first-order valence-electron chi connectivity index (χ1n) is 6.66. The smallest absolute Gasteiger partial charge is 0.335 e. The minimum Gasteiger partial charge on any atom is -0.497 e. The fourth-order valence-corrected chi connectivity index (χ4v) is 2.37. The highest BCUT2D eigenvalue weighted by molar-refractivity contribution is 6.00. The van der Waals surface area contributed by atoms with Gasteiger partial charge in [-0.15, -0.1) is 0 Å². The fraction of sp³-hybridized carbons (Fsp3) is 0.0588. The predicted molar refractivity (Wildman–Crippen MR) is 80.6 cm³/mol. The Morgan fingerprint density at radius 1 is 1.09 bits per heavy atom. The molecule has 6 heteroatoms. The van der Waals surface area contributed by atoms with E-state index in [0.717, 1.165) is 6.20 Å². The average molecular weight is 315 g/mol. The summed E-state index contributed by atoms with van der Waals surface area (Å²) >= 11 is 0. The number of aromatic nitrogens is 1. The topological polar surface area (TPSA) is 59.4 Å². The van der Waals surface area contributed by atoms with Crippen LogP contribution in [0.25, 0.3) is 22.0 Å². The molecule has 0 saturated carbocycles. The molecule has 3 rings (SSSR count). The molecule has 23 heavy (non-hydrogen) atoms. The second-order valence-electron chi connectivity index (χ2n) is 4.87. The molecule has 0 amide bonds. The first kappa shape index (κ1) is 14.9. The second kappa shape index (κ2) is 5.64. The molecule has 0 bridgehead atoms. The number of nitrogens with zero attached hydrogens (tertiary/aromatic N) is 1. The summed E-state index contributed by atoms with van der Waals surface area (Å²) in [5.41, 5.74) is 0.281. The predicted octanol–water partition coefficient (Wildman–Crippen LogP) is 3.89. The Kier molecular flexibility index (Phi) is 3.65. The van der Waals surface area contributed by atoms with Crippen LogP contribution in [0, 0.1) is 11.6 Å². The molecule has 0 atom stereocenters. The van der Waals surface area contributed by atoms with Crippen LogP contribution in [-0.2, 0) is 0 Å². The Morgan fingerprint density at radius 3 is 2.52 bits per heavy atom. The lowest BCUT2D eigenvalue weighted by atomic mass is 10.0. The molecule has 0 aliphatic rings. The van der Waals surface area contributed by atoms with Crippen LogP contribution in [0.3, 0.4) is 0 Å². The summed E-state index contributed by atoms with van der Waals surface area (Å²) in [5, 5.41) is 9.50. The second-order valence-corrected chi connectivity index (χ2v) is 4.87.